The van der Waals surface area contributed by atoms with E-state index in [2.05, 4.69) is 0 Å². The van der Waals surface area contributed by atoms with Crippen molar-refractivity contribution in [2.24, 2.45) is 0 Å². The number of fused-ring (bicyclic) bond motifs is 1. The average molecular weight is 313 g/mol. The first-order valence-electron chi connectivity index (χ1n) is 6.18. The number of hydrogen-bond donors (Lipinski definition) is 0. The molecule has 0 aliphatic rings. The van der Waals surface area contributed by atoms with Gasteiger partial charge in [-0.3, -0.25) is 0 Å². The van der Waals surface area contributed by atoms with Crippen molar-refractivity contribution < 1.29 is 22.4 Å². The monoisotopic (exact) mass is 312 g/mol. The summed E-state index contributed by atoms with van der Waals surface area (Å²) in [5.41, 5.74) is 1.06. The van der Waals surface area contributed by atoms with Crippen molar-refractivity contribution in [2.75, 3.05) is 0 Å². The summed E-state index contributed by atoms with van der Waals surface area (Å²) in [6.07, 6.45) is -4.36. The summed E-state index contributed by atoms with van der Waals surface area (Å²) in [7, 11) is 0. The maximum atomic E-state index is 12.7. The number of alkyl halides is 3. The van der Waals surface area contributed by atoms with Crippen molar-refractivity contribution in [3.63, 3.8) is 0 Å². The fourth-order valence-electron chi connectivity index (χ4n) is 2.19. The van der Waals surface area contributed by atoms with Crippen LogP contribution in [-0.4, -0.2) is 6.18 Å². The summed E-state index contributed by atoms with van der Waals surface area (Å²) >= 11 is 5.95. The number of benzene rings is 2. The second-order valence-corrected chi connectivity index (χ2v) is 5.04. The van der Waals surface area contributed by atoms with Crippen LogP contribution in [0.2, 0.25) is 5.02 Å². The number of nitrogens with zero attached hydrogens (tertiary/aromatic N) is 1. The van der Waals surface area contributed by atoms with Crippen molar-refractivity contribution in [3.05, 3.63) is 53.6 Å². The average Bonchev–Trinajstić information content (AvgIpc) is 2.76. The summed E-state index contributed by atoms with van der Waals surface area (Å²) in [5, 5.41) is 0.998. The zero-order chi connectivity index (χ0) is 15.0. The molecule has 0 radical (unpaired) electrons. The molecule has 0 unspecified atom stereocenters. The smallest absolute Gasteiger partial charge is 0.235 e. The second-order valence-electron chi connectivity index (χ2n) is 4.60. The standard InChI is InChI=1S/C15H10ClF3NO/c16-11-6-7-13-12(8-11)14(10-4-2-1-3-5-10)21-20(13)9-15(17,18)19/h1-8H,9H2/q+1. The molecule has 3 aromatic rings. The fourth-order valence-corrected chi connectivity index (χ4v) is 2.37. The third-order valence-corrected chi connectivity index (χ3v) is 3.27. The lowest BCUT2D eigenvalue weighted by Gasteiger charge is -1.97. The van der Waals surface area contributed by atoms with Gasteiger partial charge in [0, 0.05) is 16.7 Å². The number of rotatable bonds is 2. The molecule has 0 N–H and O–H groups in total. The highest BCUT2D eigenvalue weighted by Crippen LogP contribution is 2.30. The molecule has 0 spiro atoms. The maximum Gasteiger partial charge on any atom is 0.453 e. The van der Waals surface area contributed by atoms with Crippen molar-refractivity contribution >= 4 is 22.5 Å². The second kappa shape index (κ2) is 5.07. The summed E-state index contributed by atoms with van der Waals surface area (Å²) in [4.78, 5) is 0. The highest BCUT2D eigenvalue weighted by atomic mass is 35.5. The molecule has 2 aromatic carbocycles. The zero-order valence-electron chi connectivity index (χ0n) is 10.7. The summed E-state index contributed by atoms with van der Waals surface area (Å²) < 4.78 is 44.2. The molecule has 0 aliphatic carbocycles. The van der Waals surface area contributed by atoms with Crippen molar-refractivity contribution in [2.45, 2.75) is 12.7 Å². The van der Waals surface area contributed by atoms with E-state index in [-0.39, 0.29) is 0 Å². The Bertz CT molecular complexity index is 781. The van der Waals surface area contributed by atoms with Crippen LogP contribution in [0.4, 0.5) is 13.2 Å². The maximum absolute atomic E-state index is 12.7. The minimum atomic E-state index is -4.36. The van der Waals surface area contributed by atoms with E-state index < -0.39 is 12.7 Å². The number of halogens is 4. The van der Waals surface area contributed by atoms with Crippen LogP contribution in [0.25, 0.3) is 22.2 Å². The summed E-state index contributed by atoms with van der Waals surface area (Å²) in [6, 6.07) is 13.6. The SMILES string of the molecule is FC(F)(F)C[n+]1oc(-c2ccccc2)c2cc(Cl)ccc21. The molecule has 21 heavy (non-hydrogen) atoms. The van der Waals surface area contributed by atoms with Gasteiger partial charge in [0.05, 0.1) is 0 Å². The van der Waals surface area contributed by atoms with Gasteiger partial charge < -0.3 is 0 Å². The lowest BCUT2D eigenvalue weighted by Crippen LogP contribution is -2.40. The molecule has 0 saturated carbocycles. The Morgan fingerprint density at radius 1 is 1.05 bits per heavy atom. The van der Waals surface area contributed by atoms with Crippen LogP contribution in [0.1, 0.15) is 0 Å². The molecule has 0 saturated heterocycles. The van der Waals surface area contributed by atoms with E-state index in [4.69, 9.17) is 16.1 Å². The van der Waals surface area contributed by atoms with Crippen LogP contribution in [0, 0.1) is 0 Å². The van der Waals surface area contributed by atoms with Gasteiger partial charge in [-0.1, -0.05) is 41.9 Å². The van der Waals surface area contributed by atoms with Crippen molar-refractivity contribution in [1.82, 2.24) is 0 Å². The molecule has 3 rings (SSSR count). The lowest BCUT2D eigenvalue weighted by atomic mass is 10.1. The third-order valence-electron chi connectivity index (χ3n) is 3.03. The minimum absolute atomic E-state index is 0.357. The molecule has 6 heteroatoms. The van der Waals surface area contributed by atoms with Gasteiger partial charge in [0.1, 0.15) is 5.39 Å². The van der Waals surface area contributed by atoms with Crippen LogP contribution in [0.15, 0.2) is 53.1 Å². The molecular formula is C15H10ClF3NO+. The first kappa shape index (κ1) is 13.9. The third kappa shape index (κ3) is 2.88. The first-order valence-corrected chi connectivity index (χ1v) is 6.56. The Morgan fingerprint density at radius 3 is 2.43 bits per heavy atom. The molecule has 108 valence electrons. The molecule has 2 nitrogen and oxygen atoms in total. The Kier molecular flexibility index (Phi) is 3.37. The number of hydrogen-bond acceptors (Lipinski definition) is 1. The van der Waals surface area contributed by atoms with Gasteiger partial charge in [-0.2, -0.15) is 13.2 Å². The molecule has 0 fully saturated rings. The van der Waals surface area contributed by atoms with Gasteiger partial charge in [-0.05, 0) is 16.9 Å². The Hall–Kier alpha value is -2.01. The van der Waals surface area contributed by atoms with E-state index in [0.717, 1.165) is 4.74 Å². The van der Waals surface area contributed by atoms with Gasteiger partial charge in [0.2, 0.25) is 5.76 Å². The molecular weight excluding hydrogens is 303 g/mol. The van der Waals surface area contributed by atoms with Crippen LogP contribution in [0.3, 0.4) is 0 Å². The highest BCUT2D eigenvalue weighted by Gasteiger charge is 2.38. The van der Waals surface area contributed by atoms with E-state index >= 15 is 0 Å². The molecule has 1 heterocycles. The number of aromatic nitrogens is 1. The Balaban J connectivity index is 2.23. The van der Waals surface area contributed by atoms with Crippen LogP contribution >= 0.6 is 11.6 Å². The predicted octanol–water partition coefficient (Wildman–Crippen LogP) is 4.60. The van der Waals surface area contributed by atoms with Gasteiger partial charge in [0.15, 0.2) is 0 Å². The first-order chi connectivity index (χ1) is 9.94. The molecule has 0 amide bonds. The van der Waals surface area contributed by atoms with E-state index in [1.807, 2.05) is 6.07 Å². The van der Waals surface area contributed by atoms with Gasteiger partial charge in [-0.15, -0.1) is 0 Å². The summed E-state index contributed by atoms with van der Waals surface area (Å²) in [5.74, 6) is 0.373. The van der Waals surface area contributed by atoms with Crippen LogP contribution in [0.5, 0.6) is 0 Å². The molecule has 0 aliphatic heterocycles. The Morgan fingerprint density at radius 2 is 1.76 bits per heavy atom. The highest BCUT2D eigenvalue weighted by molar-refractivity contribution is 6.31. The molecule has 1 aromatic heterocycles. The van der Waals surface area contributed by atoms with E-state index in [9.17, 15) is 13.2 Å². The quantitative estimate of drug-likeness (QED) is 0.632. The largest absolute Gasteiger partial charge is 0.453 e. The fraction of sp³-hybridized carbons (Fsp3) is 0.133. The molecule has 0 atom stereocenters. The van der Waals surface area contributed by atoms with Gasteiger partial charge in [0.25, 0.3) is 12.1 Å². The zero-order valence-corrected chi connectivity index (χ0v) is 11.4. The van der Waals surface area contributed by atoms with Crippen LogP contribution < -0.4 is 4.74 Å². The van der Waals surface area contributed by atoms with Crippen molar-refractivity contribution in [3.8, 4) is 11.3 Å². The van der Waals surface area contributed by atoms with Gasteiger partial charge in [-0.25, -0.2) is 4.52 Å². The summed E-state index contributed by atoms with van der Waals surface area (Å²) in [6.45, 7) is -1.18. The van der Waals surface area contributed by atoms with E-state index in [1.165, 1.54) is 6.07 Å². The molecule has 0 bridgehead atoms. The van der Waals surface area contributed by atoms with E-state index in [1.54, 1.807) is 36.4 Å². The van der Waals surface area contributed by atoms with E-state index in [0.29, 0.717) is 27.2 Å². The topological polar surface area (TPSA) is 17.0 Å². The normalized spacial score (nSPS) is 12.0. The van der Waals surface area contributed by atoms with Crippen molar-refractivity contribution in [1.29, 1.82) is 0 Å². The minimum Gasteiger partial charge on any atom is -0.235 e. The van der Waals surface area contributed by atoms with Crippen LogP contribution in [-0.2, 0) is 6.54 Å². The Labute approximate surface area is 123 Å². The van der Waals surface area contributed by atoms with Gasteiger partial charge >= 0.3 is 6.18 Å². The lowest BCUT2D eigenvalue weighted by molar-refractivity contribution is -0.855. The predicted molar refractivity (Wildman–Crippen MR) is 72.9 cm³/mol.